The highest BCUT2D eigenvalue weighted by Gasteiger charge is 2.46. The molecule has 1 saturated carbocycles. The van der Waals surface area contributed by atoms with E-state index in [1.54, 1.807) is 0 Å². The van der Waals surface area contributed by atoms with Gasteiger partial charge in [-0.1, -0.05) is 0 Å². The number of benzene rings is 1. The van der Waals surface area contributed by atoms with Gasteiger partial charge in [0.15, 0.2) is 0 Å². The molecule has 1 aromatic carbocycles. The number of halogens is 3. The summed E-state index contributed by atoms with van der Waals surface area (Å²) in [4.78, 5) is 17.7. The zero-order chi connectivity index (χ0) is 13.8. The predicted octanol–water partition coefficient (Wildman–Crippen LogP) is 2.77. The normalized spacial score (nSPS) is 22.7. The predicted molar refractivity (Wildman–Crippen MR) is 59.6 cm³/mol. The number of carboxylic acids is 1. The summed E-state index contributed by atoms with van der Waals surface area (Å²) in [6, 6.07) is 3.24. The SMILES string of the molecule is O=C(O)C1CC1c1nc2ccc(C(F)(F)F)cc2[nH]1. The van der Waals surface area contributed by atoms with Crippen molar-refractivity contribution in [2.45, 2.75) is 18.5 Å². The van der Waals surface area contributed by atoms with Gasteiger partial charge in [-0.3, -0.25) is 4.79 Å². The summed E-state index contributed by atoms with van der Waals surface area (Å²) in [5, 5.41) is 8.82. The van der Waals surface area contributed by atoms with E-state index in [1.165, 1.54) is 6.07 Å². The van der Waals surface area contributed by atoms with E-state index in [0.29, 0.717) is 17.8 Å². The number of aromatic nitrogens is 2. The molecular formula is C12H9F3N2O2. The molecule has 1 aliphatic rings. The Bertz CT molecular complexity index is 663. The van der Waals surface area contributed by atoms with Crippen molar-refractivity contribution >= 4 is 17.0 Å². The van der Waals surface area contributed by atoms with Crippen LogP contribution < -0.4 is 0 Å². The fourth-order valence-electron chi connectivity index (χ4n) is 2.15. The van der Waals surface area contributed by atoms with Crippen molar-refractivity contribution in [3.8, 4) is 0 Å². The minimum atomic E-state index is -4.40. The molecule has 1 fully saturated rings. The van der Waals surface area contributed by atoms with Crippen molar-refractivity contribution in [1.82, 2.24) is 9.97 Å². The number of H-pyrrole nitrogens is 1. The number of rotatable bonds is 2. The molecule has 1 heterocycles. The van der Waals surface area contributed by atoms with Crippen molar-refractivity contribution < 1.29 is 23.1 Å². The van der Waals surface area contributed by atoms with Gasteiger partial charge in [0.05, 0.1) is 22.5 Å². The minimum Gasteiger partial charge on any atom is -0.481 e. The third-order valence-corrected chi connectivity index (χ3v) is 3.29. The van der Waals surface area contributed by atoms with Gasteiger partial charge in [-0.05, 0) is 24.6 Å². The zero-order valence-electron chi connectivity index (χ0n) is 9.53. The average molecular weight is 270 g/mol. The first-order chi connectivity index (χ1) is 8.86. The number of carbonyl (C=O) groups is 1. The van der Waals surface area contributed by atoms with Crippen LogP contribution in [0.1, 0.15) is 23.7 Å². The zero-order valence-corrected chi connectivity index (χ0v) is 9.53. The highest BCUT2D eigenvalue weighted by molar-refractivity contribution is 5.78. The second kappa shape index (κ2) is 3.72. The van der Waals surface area contributed by atoms with Crippen LogP contribution in [0.3, 0.4) is 0 Å². The monoisotopic (exact) mass is 270 g/mol. The van der Waals surface area contributed by atoms with E-state index in [9.17, 15) is 18.0 Å². The molecular weight excluding hydrogens is 261 g/mol. The van der Waals surface area contributed by atoms with Gasteiger partial charge in [-0.15, -0.1) is 0 Å². The van der Waals surface area contributed by atoms with Crippen molar-refractivity contribution in [2.24, 2.45) is 5.92 Å². The molecule has 3 rings (SSSR count). The third-order valence-electron chi connectivity index (χ3n) is 3.29. The van der Waals surface area contributed by atoms with Crippen LogP contribution in [0, 0.1) is 5.92 Å². The molecule has 2 aromatic rings. The summed E-state index contributed by atoms with van der Waals surface area (Å²) in [5.41, 5.74) is -0.0549. The molecule has 1 aliphatic carbocycles. The van der Waals surface area contributed by atoms with Crippen molar-refractivity contribution in [3.63, 3.8) is 0 Å². The Morgan fingerprint density at radius 3 is 2.74 bits per heavy atom. The van der Waals surface area contributed by atoms with E-state index in [0.717, 1.165) is 12.1 Å². The maximum atomic E-state index is 12.5. The number of fused-ring (bicyclic) bond motifs is 1. The number of hydrogen-bond acceptors (Lipinski definition) is 2. The Labute approximate surface area is 105 Å². The molecule has 2 N–H and O–H groups in total. The van der Waals surface area contributed by atoms with Gasteiger partial charge in [-0.2, -0.15) is 13.2 Å². The lowest BCUT2D eigenvalue weighted by Gasteiger charge is -2.05. The summed E-state index contributed by atoms with van der Waals surface area (Å²) in [5.74, 6) is -1.16. The van der Waals surface area contributed by atoms with E-state index in [1.807, 2.05) is 0 Å². The van der Waals surface area contributed by atoms with Crippen LogP contribution in [-0.2, 0) is 11.0 Å². The van der Waals surface area contributed by atoms with Crippen LogP contribution >= 0.6 is 0 Å². The number of hydrogen-bond donors (Lipinski definition) is 2. The maximum Gasteiger partial charge on any atom is 0.416 e. The highest BCUT2D eigenvalue weighted by atomic mass is 19.4. The van der Waals surface area contributed by atoms with E-state index in [4.69, 9.17) is 5.11 Å². The van der Waals surface area contributed by atoms with Gasteiger partial charge in [0.2, 0.25) is 0 Å². The summed E-state index contributed by atoms with van der Waals surface area (Å²) >= 11 is 0. The first-order valence-electron chi connectivity index (χ1n) is 5.66. The fourth-order valence-corrected chi connectivity index (χ4v) is 2.15. The molecule has 7 heteroatoms. The first-order valence-corrected chi connectivity index (χ1v) is 5.66. The Hall–Kier alpha value is -2.05. The van der Waals surface area contributed by atoms with Gasteiger partial charge >= 0.3 is 12.1 Å². The number of imidazole rings is 1. The van der Waals surface area contributed by atoms with E-state index < -0.39 is 23.6 Å². The van der Waals surface area contributed by atoms with Crippen LogP contribution in [0.2, 0.25) is 0 Å². The van der Waals surface area contributed by atoms with Crippen LogP contribution in [0.25, 0.3) is 11.0 Å². The molecule has 4 nitrogen and oxygen atoms in total. The topological polar surface area (TPSA) is 66.0 Å². The van der Waals surface area contributed by atoms with Gasteiger partial charge in [0.1, 0.15) is 5.82 Å². The van der Waals surface area contributed by atoms with Crippen LogP contribution in [0.4, 0.5) is 13.2 Å². The molecule has 0 radical (unpaired) electrons. The average Bonchev–Trinajstić information content (AvgIpc) is 3.00. The Morgan fingerprint density at radius 1 is 1.42 bits per heavy atom. The number of alkyl halides is 3. The second-order valence-electron chi connectivity index (χ2n) is 4.64. The maximum absolute atomic E-state index is 12.5. The highest BCUT2D eigenvalue weighted by Crippen LogP contribution is 2.46. The second-order valence-corrected chi connectivity index (χ2v) is 4.64. The van der Waals surface area contributed by atoms with E-state index >= 15 is 0 Å². The minimum absolute atomic E-state index is 0.223. The lowest BCUT2D eigenvalue weighted by atomic mass is 10.2. The molecule has 0 spiro atoms. The molecule has 2 unspecified atom stereocenters. The van der Waals surface area contributed by atoms with Gasteiger partial charge in [0.25, 0.3) is 0 Å². The smallest absolute Gasteiger partial charge is 0.416 e. The summed E-state index contributed by atoms with van der Waals surface area (Å²) < 4.78 is 37.6. The molecule has 1 aromatic heterocycles. The Balaban J connectivity index is 1.96. The first kappa shape index (κ1) is 12.0. The van der Waals surface area contributed by atoms with Gasteiger partial charge in [-0.25, -0.2) is 4.98 Å². The molecule has 100 valence electrons. The summed E-state index contributed by atoms with van der Waals surface area (Å²) in [6.45, 7) is 0. The number of aromatic amines is 1. The van der Waals surface area contributed by atoms with Crippen molar-refractivity contribution in [2.75, 3.05) is 0 Å². The van der Waals surface area contributed by atoms with Crippen LogP contribution in [0.5, 0.6) is 0 Å². The molecule has 0 saturated heterocycles. The summed E-state index contributed by atoms with van der Waals surface area (Å²) in [7, 11) is 0. The quantitative estimate of drug-likeness (QED) is 0.881. The molecule has 19 heavy (non-hydrogen) atoms. The number of carboxylic acid groups (broad SMARTS) is 1. The van der Waals surface area contributed by atoms with Crippen LogP contribution in [0.15, 0.2) is 18.2 Å². The lowest BCUT2D eigenvalue weighted by Crippen LogP contribution is -2.04. The Morgan fingerprint density at radius 2 is 2.16 bits per heavy atom. The van der Waals surface area contributed by atoms with Crippen molar-refractivity contribution in [1.29, 1.82) is 0 Å². The number of nitrogens with one attached hydrogen (secondary N) is 1. The lowest BCUT2D eigenvalue weighted by molar-refractivity contribution is -0.139. The molecule has 0 aliphatic heterocycles. The standard InChI is InChI=1S/C12H9F3N2O2/c13-12(14,15)5-1-2-8-9(3-5)17-10(16-8)6-4-7(6)11(18)19/h1-3,6-7H,4H2,(H,16,17)(H,18,19). The number of aliphatic carboxylic acids is 1. The van der Waals surface area contributed by atoms with Gasteiger partial charge in [0, 0.05) is 5.92 Å². The largest absolute Gasteiger partial charge is 0.481 e. The third kappa shape index (κ3) is 2.05. The fraction of sp³-hybridized carbons (Fsp3) is 0.333. The number of nitrogens with zero attached hydrogens (tertiary/aromatic N) is 1. The van der Waals surface area contributed by atoms with Gasteiger partial charge < -0.3 is 10.1 Å². The van der Waals surface area contributed by atoms with Crippen LogP contribution in [-0.4, -0.2) is 21.0 Å². The van der Waals surface area contributed by atoms with Crippen molar-refractivity contribution in [3.05, 3.63) is 29.6 Å². The summed E-state index contributed by atoms with van der Waals surface area (Å²) in [6.07, 6.45) is -3.93. The molecule has 2 atom stereocenters. The molecule has 0 bridgehead atoms. The Kier molecular flexibility index (Phi) is 2.35. The van der Waals surface area contributed by atoms with E-state index in [-0.39, 0.29) is 11.4 Å². The van der Waals surface area contributed by atoms with E-state index in [2.05, 4.69) is 9.97 Å². The molecule has 0 amide bonds.